The number of nitrogens with zero attached hydrogens (tertiary/aromatic N) is 2. The third-order valence-corrected chi connectivity index (χ3v) is 8.15. The van der Waals surface area contributed by atoms with Gasteiger partial charge in [0.1, 0.15) is 0 Å². The van der Waals surface area contributed by atoms with E-state index in [1.165, 1.54) is 20.0 Å². The molecule has 122 valence electrons. The molecule has 3 heterocycles. The van der Waals surface area contributed by atoms with Crippen LogP contribution in [0.15, 0.2) is 30.0 Å². The van der Waals surface area contributed by atoms with E-state index in [9.17, 15) is 23.1 Å². The molecular weight excluding hydrogens is 458 g/mol. The summed E-state index contributed by atoms with van der Waals surface area (Å²) >= 11 is 1.87. The van der Waals surface area contributed by atoms with Gasteiger partial charge in [0, 0.05) is 6.20 Å². The molecule has 7 nitrogen and oxygen atoms in total. The van der Waals surface area contributed by atoms with Crippen molar-refractivity contribution in [1.29, 1.82) is 0 Å². The fourth-order valence-electron chi connectivity index (χ4n) is 2.99. The molecule has 1 aromatic heterocycles. The van der Waals surface area contributed by atoms with Crippen molar-refractivity contribution in [2.75, 3.05) is 0 Å². The summed E-state index contributed by atoms with van der Waals surface area (Å²) in [7, 11) is -3.90. The van der Waals surface area contributed by atoms with Gasteiger partial charge in [-0.3, -0.25) is 9.78 Å². The minimum absolute atomic E-state index is 0. The minimum Gasteiger partial charge on any atom is -0.548 e. The van der Waals surface area contributed by atoms with Crippen LogP contribution in [-0.4, -0.2) is 46.3 Å². The van der Waals surface area contributed by atoms with Crippen LogP contribution in [0.2, 0.25) is 0 Å². The predicted octanol–water partition coefficient (Wildman–Crippen LogP) is -3.27. The Bertz CT molecular complexity index is 853. The van der Waals surface area contributed by atoms with Crippen LogP contribution in [-0.2, 0) is 19.4 Å². The first kappa shape index (κ1) is 19.8. The summed E-state index contributed by atoms with van der Waals surface area (Å²) in [6.45, 7) is 2.61. The normalized spacial score (nSPS) is 28.5. The van der Waals surface area contributed by atoms with Gasteiger partial charge in [-0.05, 0) is 48.6 Å². The number of sulfone groups is 1. The number of β-lactam (4-membered cyclic amide) rings is 1. The number of pyridine rings is 1. The number of carbonyl (C=O) groups excluding carboxylic acids is 2. The summed E-state index contributed by atoms with van der Waals surface area (Å²) < 4.78 is 24.3. The predicted molar refractivity (Wildman–Crippen MR) is 87.6 cm³/mol. The van der Waals surface area contributed by atoms with Crippen LogP contribution in [0.5, 0.6) is 0 Å². The van der Waals surface area contributed by atoms with E-state index in [4.69, 9.17) is 0 Å². The van der Waals surface area contributed by atoms with Gasteiger partial charge >= 0.3 is 29.6 Å². The smallest absolute Gasteiger partial charge is 0.548 e. The molecule has 24 heavy (non-hydrogen) atoms. The van der Waals surface area contributed by atoms with Crippen LogP contribution in [0.1, 0.15) is 19.5 Å². The second-order valence-corrected chi connectivity index (χ2v) is 9.54. The van der Waals surface area contributed by atoms with Crippen LogP contribution < -0.4 is 34.7 Å². The summed E-state index contributed by atoms with van der Waals surface area (Å²) in [4.78, 5) is 28.8. The van der Waals surface area contributed by atoms with Crippen molar-refractivity contribution < 1.29 is 52.7 Å². The van der Waals surface area contributed by atoms with Crippen molar-refractivity contribution in [2.45, 2.75) is 30.0 Å². The van der Waals surface area contributed by atoms with E-state index in [0.717, 1.165) is 4.90 Å². The number of aromatic nitrogens is 1. The molecule has 0 aliphatic carbocycles. The Hall–Kier alpha value is -0.490. The van der Waals surface area contributed by atoms with Crippen molar-refractivity contribution in [3.63, 3.8) is 0 Å². The SMILES string of the molecule is CC1(C)[C@H](C(=O)[O-])N2C(=O)/C(=C(\I)c3ccccn3)[C@H]2S1(=O)=O.[Na+]. The Morgan fingerprint density at radius 2 is 2.00 bits per heavy atom. The van der Waals surface area contributed by atoms with Crippen LogP contribution in [0, 0.1) is 0 Å². The Labute approximate surface area is 174 Å². The molecule has 1 aromatic rings. The Kier molecular flexibility index (Phi) is 5.24. The number of carbonyl (C=O) groups is 2. The fraction of sp³-hybridized carbons (Fsp3) is 0.357. The van der Waals surface area contributed by atoms with Crippen molar-refractivity contribution in [3.05, 3.63) is 35.7 Å². The Balaban J connectivity index is 0.00000208. The molecule has 2 aliphatic rings. The van der Waals surface area contributed by atoms with Crippen molar-refractivity contribution in [2.24, 2.45) is 0 Å². The molecule has 2 atom stereocenters. The number of hydrogen-bond donors (Lipinski definition) is 0. The van der Waals surface area contributed by atoms with E-state index in [1.54, 1.807) is 18.2 Å². The average Bonchev–Trinajstić information content (AvgIpc) is 2.62. The van der Waals surface area contributed by atoms with E-state index < -0.39 is 37.9 Å². The maximum absolute atomic E-state index is 12.7. The van der Waals surface area contributed by atoms with Gasteiger partial charge in [-0.25, -0.2) is 8.42 Å². The molecule has 1 amide bonds. The van der Waals surface area contributed by atoms with Crippen LogP contribution >= 0.6 is 22.6 Å². The third kappa shape index (κ3) is 2.47. The fourth-order valence-corrected chi connectivity index (χ4v) is 6.19. The Morgan fingerprint density at radius 3 is 2.50 bits per heavy atom. The third-order valence-electron chi connectivity index (χ3n) is 4.28. The standard InChI is InChI=1S/C14H13IN2O5S.Na/c1-14(2)10(13(19)20)17-11(18)8(12(17)23(14,21)22)9(15)7-5-3-4-6-16-7;/h3-6,10,12H,1-2H3,(H,19,20);/q;+1/p-1/b9-8+;/t10-,12+;/m0./s1. The van der Waals surface area contributed by atoms with Gasteiger partial charge in [-0.15, -0.1) is 0 Å². The first-order valence-corrected chi connectivity index (χ1v) is 9.33. The summed E-state index contributed by atoms with van der Waals surface area (Å²) in [5, 5.41) is 10.1. The number of rotatable bonds is 2. The minimum atomic E-state index is -3.90. The van der Waals surface area contributed by atoms with E-state index in [-0.39, 0.29) is 35.1 Å². The topological polar surface area (TPSA) is 107 Å². The zero-order valence-corrected chi connectivity index (χ0v) is 18.2. The molecular formula is C14H12IN2NaO5S. The van der Waals surface area contributed by atoms with Crippen molar-refractivity contribution in [1.82, 2.24) is 9.88 Å². The van der Waals surface area contributed by atoms with Crippen LogP contribution in [0.4, 0.5) is 0 Å². The van der Waals surface area contributed by atoms with E-state index in [1.807, 2.05) is 22.6 Å². The summed E-state index contributed by atoms with van der Waals surface area (Å²) in [6.07, 6.45) is 1.53. The molecule has 0 N–H and O–H groups in total. The maximum Gasteiger partial charge on any atom is 1.00 e. The number of fused-ring (bicyclic) bond motifs is 1. The zero-order valence-electron chi connectivity index (χ0n) is 13.2. The molecule has 0 unspecified atom stereocenters. The van der Waals surface area contributed by atoms with Gasteiger partial charge in [0.15, 0.2) is 15.2 Å². The number of carboxylic acids is 1. The maximum atomic E-state index is 12.7. The second-order valence-electron chi connectivity index (χ2n) is 5.88. The van der Waals surface area contributed by atoms with E-state index in [2.05, 4.69) is 4.98 Å². The average molecular weight is 470 g/mol. The molecule has 10 heteroatoms. The van der Waals surface area contributed by atoms with Gasteiger partial charge in [0.2, 0.25) is 0 Å². The number of hydrogen-bond acceptors (Lipinski definition) is 6. The molecule has 2 aliphatic heterocycles. The molecule has 0 radical (unpaired) electrons. The molecule has 2 fully saturated rings. The summed E-state index contributed by atoms with van der Waals surface area (Å²) in [5.74, 6) is -2.17. The second kappa shape index (κ2) is 6.35. The van der Waals surface area contributed by atoms with E-state index >= 15 is 0 Å². The first-order valence-electron chi connectivity index (χ1n) is 6.70. The molecule has 3 rings (SSSR count). The van der Waals surface area contributed by atoms with Crippen LogP contribution in [0.3, 0.4) is 0 Å². The monoisotopic (exact) mass is 470 g/mol. The Morgan fingerprint density at radius 1 is 1.38 bits per heavy atom. The van der Waals surface area contributed by atoms with Gasteiger partial charge in [-0.2, -0.15) is 0 Å². The van der Waals surface area contributed by atoms with Gasteiger partial charge in [0.25, 0.3) is 5.91 Å². The van der Waals surface area contributed by atoms with Gasteiger partial charge in [0.05, 0.1) is 31.6 Å². The number of amides is 1. The molecule has 0 saturated carbocycles. The number of carboxylic acid groups (broad SMARTS) is 1. The van der Waals surface area contributed by atoms with Crippen molar-refractivity contribution in [3.8, 4) is 0 Å². The molecule has 0 aromatic carbocycles. The summed E-state index contributed by atoms with van der Waals surface area (Å²) in [5.41, 5.74) is 0.544. The molecule has 0 spiro atoms. The molecule has 0 bridgehead atoms. The van der Waals surface area contributed by atoms with Crippen molar-refractivity contribution >= 4 is 47.9 Å². The first-order chi connectivity index (χ1) is 10.6. The van der Waals surface area contributed by atoms with Gasteiger partial charge in [-0.1, -0.05) is 6.07 Å². The summed E-state index contributed by atoms with van der Waals surface area (Å²) in [6, 6.07) is 3.59. The zero-order chi connectivity index (χ0) is 17.2. The van der Waals surface area contributed by atoms with E-state index in [0.29, 0.717) is 9.27 Å². The van der Waals surface area contributed by atoms with Crippen LogP contribution in [0.25, 0.3) is 3.58 Å². The number of halogens is 1. The molecule has 2 saturated heterocycles. The largest absolute Gasteiger partial charge is 1.00 e. The van der Waals surface area contributed by atoms with Gasteiger partial charge < -0.3 is 14.8 Å². The quantitative estimate of drug-likeness (QED) is 0.194. The number of aliphatic carboxylic acids is 1.